The van der Waals surface area contributed by atoms with Crippen LogP contribution in [0.15, 0.2) is 4.99 Å². The van der Waals surface area contributed by atoms with Crippen molar-refractivity contribution >= 4 is 16.9 Å². The number of nitrogens with one attached hydrogen (secondary N) is 1. The predicted octanol–water partition coefficient (Wildman–Crippen LogP) is 2.91. The molecule has 0 spiro atoms. The Bertz CT molecular complexity index is 231. The van der Waals surface area contributed by atoms with Crippen molar-refractivity contribution in [3.63, 3.8) is 0 Å². The maximum Gasteiger partial charge on any atom is 0.156 e. The number of thioether (sulfide) groups is 1. The quantitative estimate of drug-likeness (QED) is 0.680. The molecule has 0 aromatic carbocycles. The zero-order chi connectivity index (χ0) is 12.5. The van der Waals surface area contributed by atoms with E-state index < -0.39 is 0 Å². The van der Waals surface area contributed by atoms with Gasteiger partial charge in [0.05, 0.1) is 0 Å². The van der Waals surface area contributed by atoms with Crippen molar-refractivity contribution in [2.75, 3.05) is 26.0 Å². The van der Waals surface area contributed by atoms with E-state index in [4.69, 9.17) is 4.74 Å². The average Bonchev–Trinajstić information content (AvgIpc) is 2.73. The van der Waals surface area contributed by atoms with Crippen molar-refractivity contribution in [2.24, 2.45) is 10.9 Å². The number of hydrogen-bond donors (Lipinski definition) is 1. The van der Waals surface area contributed by atoms with Gasteiger partial charge in [-0.2, -0.15) is 0 Å². The Morgan fingerprint density at radius 2 is 2.29 bits per heavy atom. The summed E-state index contributed by atoms with van der Waals surface area (Å²) in [6.07, 6.45) is 4.91. The van der Waals surface area contributed by atoms with Gasteiger partial charge in [0, 0.05) is 32.1 Å². The minimum atomic E-state index is 0.550. The normalized spacial score (nSPS) is 22.4. The first-order chi connectivity index (χ1) is 8.22. The Morgan fingerprint density at radius 1 is 1.47 bits per heavy atom. The molecule has 0 aromatic rings. The third-order valence-corrected chi connectivity index (χ3v) is 3.95. The number of ether oxygens (including phenoxy) is 1. The number of methoxy groups -OCH3 is 1. The van der Waals surface area contributed by atoms with E-state index in [-0.39, 0.29) is 0 Å². The summed E-state index contributed by atoms with van der Waals surface area (Å²) < 4.78 is 5.09. The molecule has 4 heteroatoms. The van der Waals surface area contributed by atoms with Gasteiger partial charge in [-0.05, 0) is 18.8 Å². The lowest BCUT2D eigenvalue weighted by molar-refractivity contribution is 0.188. The molecular formula is C13H26N2OS. The number of rotatable bonds is 8. The van der Waals surface area contributed by atoms with Gasteiger partial charge in [0.15, 0.2) is 5.17 Å². The number of aliphatic imine (C=N–C) groups is 1. The molecule has 1 N–H and O–H groups in total. The molecular weight excluding hydrogens is 232 g/mol. The molecule has 1 aliphatic heterocycles. The van der Waals surface area contributed by atoms with Gasteiger partial charge in [0.25, 0.3) is 0 Å². The predicted molar refractivity (Wildman–Crippen MR) is 76.9 cm³/mol. The Kier molecular flexibility index (Phi) is 7.69. The summed E-state index contributed by atoms with van der Waals surface area (Å²) in [6.45, 7) is 6.36. The second-order valence-electron chi connectivity index (χ2n) is 5.01. The molecule has 0 saturated carbocycles. The largest absolute Gasteiger partial charge is 0.385 e. The van der Waals surface area contributed by atoms with Crippen LogP contribution in [-0.2, 0) is 4.74 Å². The minimum Gasteiger partial charge on any atom is -0.385 e. The summed E-state index contributed by atoms with van der Waals surface area (Å²) in [5.74, 6) is 1.95. The van der Waals surface area contributed by atoms with Gasteiger partial charge in [-0.15, -0.1) is 0 Å². The first-order valence-corrected chi connectivity index (χ1v) is 7.63. The van der Waals surface area contributed by atoms with Crippen LogP contribution >= 0.6 is 11.8 Å². The van der Waals surface area contributed by atoms with Crippen LogP contribution in [0.4, 0.5) is 0 Å². The molecule has 0 radical (unpaired) electrons. The average molecular weight is 258 g/mol. The number of amidine groups is 1. The Hall–Kier alpha value is -0.220. The second-order valence-corrected chi connectivity index (χ2v) is 6.02. The zero-order valence-electron chi connectivity index (χ0n) is 11.4. The van der Waals surface area contributed by atoms with Gasteiger partial charge in [-0.1, -0.05) is 38.5 Å². The van der Waals surface area contributed by atoms with Crippen molar-refractivity contribution in [1.29, 1.82) is 0 Å². The van der Waals surface area contributed by atoms with E-state index in [0.717, 1.165) is 36.4 Å². The molecule has 1 rings (SSSR count). The molecule has 1 saturated heterocycles. The van der Waals surface area contributed by atoms with Crippen molar-refractivity contribution < 1.29 is 4.74 Å². The van der Waals surface area contributed by atoms with Crippen LogP contribution in [0.1, 0.15) is 39.5 Å². The molecule has 1 atom stereocenters. The van der Waals surface area contributed by atoms with E-state index in [9.17, 15) is 0 Å². The van der Waals surface area contributed by atoms with Gasteiger partial charge in [-0.25, -0.2) is 0 Å². The minimum absolute atomic E-state index is 0.550. The maximum atomic E-state index is 5.09. The highest BCUT2D eigenvalue weighted by atomic mass is 32.2. The lowest BCUT2D eigenvalue weighted by Gasteiger charge is -2.08. The fourth-order valence-corrected chi connectivity index (χ4v) is 2.83. The molecule has 0 aliphatic carbocycles. The highest BCUT2D eigenvalue weighted by molar-refractivity contribution is 8.14. The van der Waals surface area contributed by atoms with Gasteiger partial charge >= 0.3 is 0 Å². The first kappa shape index (κ1) is 14.8. The fourth-order valence-electron chi connectivity index (χ4n) is 1.79. The van der Waals surface area contributed by atoms with Crippen LogP contribution < -0.4 is 5.32 Å². The van der Waals surface area contributed by atoms with Crippen LogP contribution in [0.2, 0.25) is 0 Å². The van der Waals surface area contributed by atoms with Gasteiger partial charge in [0.2, 0.25) is 0 Å². The van der Waals surface area contributed by atoms with Crippen molar-refractivity contribution in [2.45, 2.75) is 45.6 Å². The first-order valence-electron chi connectivity index (χ1n) is 6.65. The number of hydrogen-bond acceptors (Lipinski definition) is 3. The van der Waals surface area contributed by atoms with Gasteiger partial charge in [0.1, 0.15) is 0 Å². The molecule has 100 valence electrons. The van der Waals surface area contributed by atoms with Crippen molar-refractivity contribution in [1.82, 2.24) is 5.32 Å². The van der Waals surface area contributed by atoms with E-state index in [1.165, 1.54) is 19.3 Å². The summed E-state index contributed by atoms with van der Waals surface area (Å²) in [5, 5.41) is 4.59. The monoisotopic (exact) mass is 258 g/mol. The van der Waals surface area contributed by atoms with Crippen LogP contribution in [0, 0.1) is 5.92 Å². The van der Waals surface area contributed by atoms with Crippen LogP contribution in [0.5, 0.6) is 0 Å². The van der Waals surface area contributed by atoms with Gasteiger partial charge in [-0.3, -0.25) is 4.99 Å². The summed E-state index contributed by atoms with van der Waals surface area (Å²) in [7, 11) is 1.76. The topological polar surface area (TPSA) is 33.6 Å². The molecule has 3 nitrogen and oxygen atoms in total. The Labute approximate surface area is 110 Å². The lowest BCUT2D eigenvalue weighted by atomic mass is 10.1. The molecule has 17 heavy (non-hydrogen) atoms. The van der Waals surface area contributed by atoms with E-state index >= 15 is 0 Å². The molecule has 0 bridgehead atoms. The summed E-state index contributed by atoms with van der Waals surface area (Å²) in [4.78, 5) is 4.61. The highest BCUT2D eigenvalue weighted by Gasteiger charge is 2.19. The van der Waals surface area contributed by atoms with Crippen LogP contribution in [-0.4, -0.2) is 37.2 Å². The third kappa shape index (κ3) is 6.94. The van der Waals surface area contributed by atoms with Crippen molar-refractivity contribution in [3.05, 3.63) is 0 Å². The second kappa shape index (κ2) is 8.81. The standard InChI is InChI=1S/C13H26N2OS/c1-11(2)6-4-5-8-14-13-15-12(10-17-13)7-9-16-3/h11-12H,4-10H2,1-3H3,(H,14,15). The Morgan fingerprint density at radius 3 is 3.00 bits per heavy atom. The van der Waals surface area contributed by atoms with E-state index in [0.29, 0.717) is 6.04 Å². The lowest BCUT2D eigenvalue weighted by Crippen LogP contribution is -2.28. The third-order valence-electron chi connectivity index (χ3n) is 2.86. The molecule has 1 unspecified atom stereocenters. The zero-order valence-corrected chi connectivity index (χ0v) is 12.2. The fraction of sp³-hybridized carbons (Fsp3) is 0.923. The Balaban J connectivity index is 2.07. The summed E-state index contributed by atoms with van der Waals surface area (Å²) >= 11 is 1.85. The SMILES string of the molecule is COCCC1CSC(=NCCCCC(C)C)N1. The van der Waals surface area contributed by atoms with Crippen molar-refractivity contribution in [3.8, 4) is 0 Å². The van der Waals surface area contributed by atoms with Crippen LogP contribution in [0.25, 0.3) is 0 Å². The molecule has 0 aromatic heterocycles. The molecule has 1 heterocycles. The maximum absolute atomic E-state index is 5.09. The highest BCUT2D eigenvalue weighted by Crippen LogP contribution is 2.16. The smallest absolute Gasteiger partial charge is 0.156 e. The summed E-state index contributed by atoms with van der Waals surface area (Å²) in [6, 6.07) is 0.550. The molecule has 1 aliphatic rings. The number of nitrogens with zero attached hydrogens (tertiary/aromatic N) is 1. The van der Waals surface area contributed by atoms with Crippen LogP contribution in [0.3, 0.4) is 0 Å². The number of unbranched alkanes of at least 4 members (excludes halogenated alkanes) is 1. The van der Waals surface area contributed by atoms with E-state index in [1.807, 2.05) is 11.8 Å². The van der Waals surface area contributed by atoms with Gasteiger partial charge < -0.3 is 10.1 Å². The van der Waals surface area contributed by atoms with E-state index in [1.54, 1.807) is 7.11 Å². The molecule has 1 fully saturated rings. The molecule has 0 amide bonds. The van der Waals surface area contributed by atoms with E-state index in [2.05, 4.69) is 24.2 Å². The summed E-state index contributed by atoms with van der Waals surface area (Å²) in [5.41, 5.74) is 0.